The van der Waals surface area contributed by atoms with Gasteiger partial charge in [0.1, 0.15) is 0 Å². The van der Waals surface area contributed by atoms with Crippen molar-refractivity contribution in [1.82, 2.24) is 14.6 Å². The topological polar surface area (TPSA) is 63.1 Å². The Morgan fingerprint density at radius 2 is 1.90 bits per heavy atom. The number of nitrogens with one attached hydrogen (secondary N) is 2. The van der Waals surface area contributed by atoms with E-state index in [1.807, 2.05) is 39.2 Å². The smallest absolute Gasteiger partial charge is 0.242 e. The van der Waals surface area contributed by atoms with Crippen LogP contribution in [0.4, 0.5) is 0 Å². The highest BCUT2D eigenvalue weighted by Crippen LogP contribution is 2.18. The van der Waals surface area contributed by atoms with E-state index >= 15 is 0 Å². The molecule has 0 aliphatic heterocycles. The molecule has 6 heteroatoms. The lowest BCUT2D eigenvalue weighted by Crippen LogP contribution is -2.42. The van der Waals surface area contributed by atoms with Crippen LogP contribution in [0.5, 0.6) is 0 Å². The molecule has 1 rings (SSSR count). The molecular weight excluding hydrogens is 274 g/mol. The van der Waals surface area contributed by atoms with Crippen molar-refractivity contribution in [2.75, 3.05) is 6.54 Å². The molecule has 0 radical (unpaired) electrons. The number of rotatable bonds is 8. The average Bonchev–Trinajstić information content (AvgIpc) is 2.79. The fraction of sp³-hybridized carbons (Fsp3) is 0.714. The highest BCUT2D eigenvalue weighted by molar-refractivity contribution is 7.89. The van der Waals surface area contributed by atoms with Crippen molar-refractivity contribution >= 4 is 10.0 Å². The molecule has 0 saturated heterocycles. The van der Waals surface area contributed by atoms with Crippen LogP contribution in [0.3, 0.4) is 0 Å². The van der Waals surface area contributed by atoms with Crippen LogP contribution >= 0.6 is 0 Å². The first-order valence-corrected chi connectivity index (χ1v) is 8.67. The van der Waals surface area contributed by atoms with E-state index in [0.717, 1.165) is 25.2 Å². The van der Waals surface area contributed by atoms with Crippen LogP contribution in [0, 0.1) is 0 Å². The molecule has 0 aliphatic carbocycles. The second kappa shape index (κ2) is 6.74. The predicted molar refractivity (Wildman–Crippen MR) is 82.2 cm³/mol. The molecule has 0 aliphatic rings. The molecule has 0 fully saturated rings. The van der Waals surface area contributed by atoms with E-state index in [0.29, 0.717) is 11.4 Å². The van der Waals surface area contributed by atoms with Gasteiger partial charge in [-0.25, -0.2) is 13.1 Å². The third kappa shape index (κ3) is 4.33. The van der Waals surface area contributed by atoms with Gasteiger partial charge in [-0.05, 0) is 39.8 Å². The zero-order valence-corrected chi connectivity index (χ0v) is 14.0. The molecule has 0 amide bonds. The first-order valence-electron chi connectivity index (χ1n) is 7.19. The van der Waals surface area contributed by atoms with Gasteiger partial charge in [0.25, 0.3) is 0 Å². The Kier molecular flexibility index (Phi) is 5.79. The maximum Gasteiger partial charge on any atom is 0.242 e. The van der Waals surface area contributed by atoms with E-state index in [4.69, 9.17) is 0 Å². The van der Waals surface area contributed by atoms with Crippen LogP contribution in [-0.4, -0.2) is 25.1 Å². The van der Waals surface area contributed by atoms with E-state index in [1.54, 1.807) is 12.3 Å². The van der Waals surface area contributed by atoms with Gasteiger partial charge in [0.15, 0.2) is 0 Å². The van der Waals surface area contributed by atoms with Crippen molar-refractivity contribution < 1.29 is 8.42 Å². The second-order valence-electron chi connectivity index (χ2n) is 5.58. The van der Waals surface area contributed by atoms with Gasteiger partial charge in [-0.3, -0.25) is 0 Å². The van der Waals surface area contributed by atoms with Crippen molar-refractivity contribution in [2.45, 2.75) is 64.6 Å². The zero-order chi connectivity index (χ0) is 15.4. The summed E-state index contributed by atoms with van der Waals surface area (Å²) in [7, 11) is -3.47. The minimum atomic E-state index is -3.47. The molecule has 116 valence electrons. The molecule has 0 aromatic carbocycles. The summed E-state index contributed by atoms with van der Waals surface area (Å²) in [6, 6.07) is 1.75. The monoisotopic (exact) mass is 301 g/mol. The number of sulfonamides is 1. The third-order valence-electron chi connectivity index (χ3n) is 3.46. The van der Waals surface area contributed by atoms with Crippen LogP contribution in [-0.2, 0) is 23.1 Å². The summed E-state index contributed by atoms with van der Waals surface area (Å²) >= 11 is 0. The summed E-state index contributed by atoms with van der Waals surface area (Å²) in [6.45, 7) is 12.1. The fourth-order valence-corrected chi connectivity index (χ4v) is 3.41. The van der Waals surface area contributed by atoms with E-state index < -0.39 is 15.6 Å². The number of nitrogens with zero attached hydrogens (tertiary/aromatic N) is 1. The molecule has 2 N–H and O–H groups in total. The Hall–Kier alpha value is -0.850. The lowest BCUT2D eigenvalue weighted by atomic mass is 10.0. The first kappa shape index (κ1) is 17.2. The van der Waals surface area contributed by atoms with E-state index in [2.05, 4.69) is 10.0 Å². The predicted octanol–water partition coefficient (Wildman–Crippen LogP) is 2.08. The third-order valence-corrected chi connectivity index (χ3v) is 5.13. The van der Waals surface area contributed by atoms with Gasteiger partial charge in [0.05, 0.1) is 4.90 Å². The van der Waals surface area contributed by atoms with Crippen molar-refractivity contribution in [2.24, 2.45) is 0 Å². The van der Waals surface area contributed by atoms with E-state index in [-0.39, 0.29) is 0 Å². The lowest BCUT2D eigenvalue weighted by Gasteiger charge is -2.23. The van der Waals surface area contributed by atoms with E-state index in [1.165, 1.54) is 0 Å². The van der Waals surface area contributed by atoms with Gasteiger partial charge in [-0.2, -0.15) is 0 Å². The van der Waals surface area contributed by atoms with Crippen molar-refractivity contribution in [3.8, 4) is 0 Å². The molecule has 0 spiro atoms. The van der Waals surface area contributed by atoms with Crippen LogP contribution in [0.25, 0.3) is 0 Å². The van der Waals surface area contributed by atoms with Gasteiger partial charge in [0.2, 0.25) is 10.0 Å². The Balaban J connectivity index is 3.04. The maximum atomic E-state index is 12.4. The summed E-state index contributed by atoms with van der Waals surface area (Å²) < 4.78 is 29.6. The average molecular weight is 301 g/mol. The molecule has 20 heavy (non-hydrogen) atoms. The van der Waals surface area contributed by atoms with Crippen molar-refractivity contribution in [3.05, 3.63) is 18.0 Å². The number of hydrogen-bond donors (Lipinski definition) is 2. The van der Waals surface area contributed by atoms with Gasteiger partial charge < -0.3 is 9.88 Å². The van der Waals surface area contributed by atoms with Crippen LogP contribution in [0.1, 0.15) is 46.7 Å². The quantitative estimate of drug-likeness (QED) is 0.773. The van der Waals surface area contributed by atoms with E-state index in [9.17, 15) is 8.42 Å². The van der Waals surface area contributed by atoms with Crippen molar-refractivity contribution in [3.63, 3.8) is 0 Å². The molecule has 0 saturated carbocycles. The standard InChI is InChI=1S/C14H27N3O2S/c1-6-14(4,5)16-20(18,19)13-9-12(10-15-7-2)17(8-3)11-13/h9,11,15-16H,6-8,10H2,1-5H3. The largest absolute Gasteiger partial charge is 0.349 e. The van der Waals surface area contributed by atoms with Gasteiger partial charge >= 0.3 is 0 Å². The van der Waals surface area contributed by atoms with Crippen molar-refractivity contribution in [1.29, 1.82) is 0 Å². The number of hydrogen-bond acceptors (Lipinski definition) is 3. The van der Waals surface area contributed by atoms with Gasteiger partial charge in [0, 0.05) is 30.5 Å². The second-order valence-corrected chi connectivity index (χ2v) is 7.26. The molecule has 0 atom stereocenters. The van der Waals surface area contributed by atoms with Crippen LogP contribution in [0.2, 0.25) is 0 Å². The summed E-state index contributed by atoms with van der Waals surface area (Å²) in [5.41, 5.74) is 0.554. The Labute approximate surface area is 122 Å². The maximum absolute atomic E-state index is 12.4. The van der Waals surface area contributed by atoms with Gasteiger partial charge in [-0.1, -0.05) is 13.8 Å². The number of aryl methyl sites for hydroxylation is 1. The first-order chi connectivity index (χ1) is 9.25. The minimum Gasteiger partial charge on any atom is -0.349 e. The minimum absolute atomic E-state index is 0.341. The fourth-order valence-electron chi connectivity index (χ4n) is 1.86. The Morgan fingerprint density at radius 1 is 1.25 bits per heavy atom. The summed E-state index contributed by atoms with van der Waals surface area (Å²) in [6.07, 6.45) is 2.45. The Bertz CT molecular complexity index is 533. The van der Waals surface area contributed by atoms with Gasteiger partial charge in [-0.15, -0.1) is 0 Å². The summed E-state index contributed by atoms with van der Waals surface area (Å²) in [5.74, 6) is 0. The number of aromatic nitrogens is 1. The highest BCUT2D eigenvalue weighted by Gasteiger charge is 2.26. The zero-order valence-electron chi connectivity index (χ0n) is 13.2. The normalized spacial score (nSPS) is 12.8. The molecule has 0 bridgehead atoms. The SMILES string of the molecule is CCNCc1cc(S(=O)(=O)NC(C)(C)CC)cn1CC. The van der Waals surface area contributed by atoms with Crippen LogP contribution in [0.15, 0.2) is 17.2 Å². The molecule has 5 nitrogen and oxygen atoms in total. The summed E-state index contributed by atoms with van der Waals surface area (Å²) in [4.78, 5) is 0.341. The summed E-state index contributed by atoms with van der Waals surface area (Å²) in [5, 5.41) is 3.23. The molecule has 1 aromatic heterocycles. The highest BCUT2D eigenvalue weighted by atomic mass is 32.2. The molecule has 1 aromatic rings. The molecule has 0 unspecified atom stereocenters. The lowest BCUT2D eigenvalue weighted by molar-refractivity contribution is 0.439. The molecule has 1 heterocycles. The Morgan fingerprint density at radius 3 is 2.40 bits per heavy atom. The van der Waals surface area contributed by atoms with Crippen LogP contribution < -0.4 is 10.0 Å². The molecular formula is C14H27N3O2S.